The fraction of sp³-hybridized carbons (Fsp3) is 0.243. The van der Waals surface area contributed by atoms with E-state index in [1.165, 1.54) is 43.4 Å². The van der Waals surface area contributed by atoms with E-state index < -0.39 is 17.8 Å². The van der Waals surface area contributed by atoms with Crippen LogP contribution < -0.4 is 25.4 Å². The van der Waals surface area contributed by atoms with E-state index in [1.807, 2.05) is 6.07 Å². The van der Waals surface area contributed by atoms with Gasteiger partial charge in [-0.15, -0.1) is 23.1 Å². The van der Waals surface area contributed by atoms with Gasteiger partial charge in [0.2, 0.25) is 5.91 Å². The van der Waals surface area contributed by atoms with E-state index in [0.29, 0.717) is 38.9 Å². The molecule has 1 aliphatic rings. The van der Waals surface area contributed by atoms with Crippen molar-refractivity contribution in [3.63, 3.8) is 0 Å². The number of methoxy groups -OCH3 is 2. The molecular formula is C37H37N3O7S2. The number of benzene rings is 3. The lowest BCUT2D eigenvalue weighted by Crippen LogP contribution is -2.30. The van der Waals surface area contributed by atoms with Crippen molar-refractivity contribution in [1.29, 1.82) is 0 Å². The molecule has 254 valence electrons. The topological polar surface area (TPSA) is 132 Å². The molecule has 0 saturated heterocycles. The number of carbonyl (C=O) groups is 4. The highest BCUT2D eigenvalue weighted by molar-refractivity contribution is 8.00. The van der Waals surface area contributed by atoms with Crippen LogP contribution in [-0.2, 0) is 27.2 Å². The van der Waals surface area contributed by atoms with E-state index in [0.717, 1.165) is 41.0 Å². The summed E-state index contributed by atoms with van der Waals surface area (Å²) in [6, 6.07) is 20.8. The second kappa shape index (κ2) is 16.8. The molecule has 12 heteroatoms. The molecule has 0 fully saturated rings. The van der Waals surface area contributed by atoms with Crippen LogP contribution in [-0.4, -0.2) is 50.3 Å². The number of para-hydroxylation sites is 1. The number of thioether (sulfide) groups is 1. The van der Waals surface area contributed by atoms with Crippen molar-refractivity contribution in [2.24, 2.45) is 0 Å². The van der Waals surface area contributed by atoms with Gasteiger partial charge in [-0.1, -0.05) is 36.4 Å². The summed E-state index contributed by atoms with van der Waals surface area (Å²) in [5.74, 6) is -0.751. The monoisotopic (exact) mass is 699 g/mol. The minimum Gasteiger partial charge on any atom is -0.493 e. The van der Waals surface area contributed by atoms with E-state index >= 15 is 0 Å². The number of anilines is 2. The Labute approximate surface area is 293 Å². The van der Waals surface area contributed by atoms with E-state index in [-0.39, 0.29) is 24.0 Å². The van der Waals surface area contributed by atoms with Crippen LogP contribution in [0.1, 0.15) is 56.5 Å². The number of hydrogen-bond acceptors (Lipinski definition) is 9. The number of rotatable bonds is 13. The zero-order chi connectivity index (χ0) is 34.8. The third kappa shape index (κ3) is 8.89. The van der Waals surface area contributed by atoms with Gasteiger partial charge in [-0.3, -0.25) is 14.4 Å². The predicted molar refractivity (Wildman–Crippen MR) is 193 cm³/mol. The quantitative estimate of drug-likeness (QED) is 0.0776. The Bertz CT molecular complexity index is 1870. The van der Waals surface area contributed by atoms with Crippen LogP contribution in [0.25, 0.3) is 6.08 Å². The molecule has 5 rings (SSSR count). The third-order valence-corrected chi connectivity index (χ3v) is 9.83. The van der Waals surface area contributed by atoms with Crippen LogP contribution in [0.5, 0.6) is 11.5 Å². The summed E-state index contributed by atoms with van der Waals surface area (Å²) in [5, 5.41) is 9.05. The molecule has 10 nitrogen and oxygen atoms in total. The number of carbonyl (C=O) groups excluding carboxylic acids is 4. The highest BCUT2D eigenvalue weighted by Gasteiger charge is 2.27. The zero-order valence-corrected chi connectivity index (χ0v) is 29.1. The molecule has 1 aromatic heterocycles. The van der Waals surface area contributed by atoms with Gasteiger partial charge in [0, 0.05) is 26.6 Å². The lowest BCUT2D eigenvalue weighted by Gasteiger charge is -2.14. The molecule has 0 atom stereocenters. The number of aryl methyl sites for hydroxylation is 1. The van der Waals surface area contributed by atoms with Crippen molar-refractivity contribution in [2.45, 2.75) is 37.5 Å². The molecule has 1 heterocycles. The molecule has 3 N–H and O–H groups in total. The van der Waals surface area contributed by atoms with Crippen molar-refractivity contribution in [3.05, 3.63) is 106 Å². The van der Waals surface area contributed by atoms with E-state index in [1.54, 1.807) is 73.7 Å². The van der Waals surface area contributed by atoms with Crippen LogP contribution in [0.3, 0.4) is 0 Å². The summed E-state index contributed by atoms with van der Waals surface area (Å²) in [4.78, 5) is 54.5. The van der Waals surface area contributed by atoms with Crippen LogP contribution in [0.15, 0.2) is 83.4 Å². The fourth-order valence-electron chi connectivity index (χ4n) is 5.37. The maximum absolute atomic E-state index is 13.7. The van der Waals surface area contributed by atoms with Crippen LogP contribution in [0, 0.1) is 0 Å². The molecule has 1 aliphatic carbocycles. The molecule has 4 aromatic rings. The van der Waals surface area contributed by atoms with Crippen molar-refractivity contribution < 1.29 is 33.4 Å². The van der Waals surface area contributed by atoms with Crippen molar-refractivity contribution >= 4 is 63.6 Å². The van der Waals surface area contributed by atoms with Crippen molar-refractivity contribution in [1.82, 2.24) is 5.32 Å². The number of thiophene rings is 1. The molecule has 0 spiro atoms. The first-order valence-corrected chi connectivity index (χ1v) is 17.6. The second-order valence-electron chi connectivity index (χ2n) is 10.9. The number of amides is 3. The largest absolute Gasteiger partial charge is 0.493 e. The normalized spacial score (nSPS) is 12.3. The first kappa shape index (κ1) is 35.2. The molecule has 0 bridgehead atoms. The number of nitrogens with one attached hydrogen (secondary N) is 3. The average Bonchev–Trinajstić information content (AvgIpc) is 3.48. The number of esters is 1. The number of hydrogen-bond donors (Lipinski definition) is 3. The van der Waals surface area contributed by atoms with E-state index in [9.17, 15) is 19.2 Å². The second-order valence-corrected chi connectivity index (χ2v) is 13.1. The Morgan fingerprint density at radius 3 is 2.43 bits per heavy atom. The minimum absolute atomic E-state index is 0.0195. The van der Waals surface area contributed by atoms with Gasteiger partial charge in [0.15, 0.2) is 11.5 Å². The van der Waals surface area contributed by atoms with Gasteiger partial charge in [0.1, 0.15) is 10.7 Å². The maximum atomic E-state index is 13.7. The molecular weight excluding hydrogens is 663 g/mol. The van der Waals surface area contributed by atoms with Gasteiger partial charge in [-0.05, 0) is 80.6 Å². The number of fused-ring (bicyclic) bond motifs is 1. The molecule has 3 aromatic carbocycles. The number of ether oxygens (including phenoxy) is 3. The summed E-state index contributed by atoms with van der Waals surface area (Å²) >= 11 is 2.73. The summed E-state index contributed by atoms with van der Waals surface area (Å²) in [6.45, 7) is 2.02. The Hall–Kier alpha value is -5.07. The van der Waals surface area contributed by atoms with E-state index in [4.69, 9.17) is 14.2 Å². The van der Waals surface area contributed by atoms with Gasteiger partial charge >= 0.3 is 5.97 Å². The first-order chi connectivity index (χ1) is 23.8. The lowest BCUT2D eigenvalue weighted by atomic mass is 9.95. The van der Waals surface area contributed by atoms with Gasteiger partial charge in [-0.25, -0.2) is 4.79 Å². The van der Waals surface area contributed by atoms with Crippen LogP contribution >= 0.6 is 23.1 Å². The Kier molecular flexibility index (Phi) is 12.1. The Balaban J connectivity index is 1.30. The summed E-state index contributed by atoms with van der Waals surface area (Å²) in [6.07, 6.45) is 5.25. The SMILES string of the molecule is CCOC(=O)c1c(NC(=O)CSc2cccc(NC(=O)/C(=C\c3cccc(OC)c3OC)NC(=O)c3ccccc3)c2)sc2c1CCCC2. The first-order valence-electron chi connectivity index (χ1n) is 15.8. The Morgan fingerprint density at radius 2 is 1.67 bits per heavy atom. The molecule has 3 amide bonds. The van der Waals surface area contributed by atoms with Gasteiger partial charge in [0.25, 0.3) is 11.8 Å². The molecule has 0 saturated carbocycles. The van der Waals surface area contributed by atoms with Gasteiger partial charge < -0.3 is 30.2 Å². The molecule has 0 aliphatic heterocycles. The summed E-state index contributed by atoms with van der Waals surface area (Å²) in [5.41, 5.74) is 2.80. The Morgan fingerprint density at radius 1 is 0.898 bits per heavy atom. The van der Waals surface area contributed by atoms with Gasteiger partial charge in [-0.2, -0.15) is 0 Å². The van der Waals surface area contributed by atoms with Crippen LogP contribution in [0.4, 0.5) is 10.7 Å². The highest BCUT2D eigenvalue weighted by atomic mass is 32.2. The summed E-state index contributed by atoms with van der Waals surface area (Å²) < 4.78 is 16.2. The fourth-order valence-corrected chi connectivity index (χ4v) is 7.42. The standard InChI is InChI=1S/C37H37N3O7S2/c1-4-47-37(44)32-27-17-8-9-19-30(27)49-36(32)40-31(41)22-48-26-16-11-15-25(21-26)38-35(43)28(39-34(42)23-12-6-5-7-13-23)20-24-14-10-18-29(45-2)33(24)46-3/h5-7,10-16,18,20-21H,4,8-9,17,19,22H2,1-3H3,(H,38,43)(H,39,42)(H,40,41)/b28-20+. The van der Waals surface area contributed by atoms with E-state index in [2.05, 4.69) is 16.0 Å². The molecule has 49 heavy (non-hydrogen) atoms. The highest BCUT2D eigenvalue weighted by Crippen LogP contribution is 2.39. The van der Waals surface area contributed by atoms with Crippen molar-refractivity contribution in [3.8, 4) is 11.5 Å². The van der Waals surface area contributed by atoms with Gasteiger partial charge in [0.05, 0.1) is 32.1 Å². The third-order valence-electron chi connectivity index (χ3n) is 7.63. The van der Waals surface area contributed by atoms with Crippen LogP contribution in [0.2, 0.25) is 0 Å². The average molecular weight is 700 g/mol. The summed E-state index contributed by atoms with van der Waals surface area (Å²) in [7, 11) is 3.01. The predicted octanol–water partition coefficient (Wildman–Crippen LogP) is 6.96. The molecule has 0 unspecified atom stereocenters. The minimum atomic E-state index is -0.567. The maximum Gasteiger partial charge on any atom is 0.341 e. The zero-order valence-electron chi connectivity index (χ0n) is 27.4. The lowest BCUT2D eigenvalue weighted by molar-refractivity contribution is -0.114. The molecule has 0 radical (unpaired) electrons. The smallest absolute Gasteiger partial charge is 0.341 e. The van der Waals surface area contributed by atoms with Crippen molar-refractivity contribution in [2.75, 3.05) is 37.2 Å².